The molecule has 2 unspecified atom stereocenters. The minimum absolute atomic E-state index is 0.00144. The summed E-state index contributed by atoms with van der Waals surface area (Å²) < 4.78 is 12.2. The van der Waals surface area contributed by atoms with Gasteiger partial charge in [-0.1, -0.05) is 237 Å². The average molecular weight is 953 g/mol. The Morgan fingerprint density at radius 3 is 1.04 bits per heavy atom. The minimum atomic E-state index is -0.0785. The van der Waals surface area contributed by atoms with Gasteiger partial charge in [0, 0.05) is 22.3 Å². The molecular formula is C61H94O4P2. The molecule has 0 saturated heterocycles. The first kappa shape index (κ1) is 62.9. The van der Waals surface area contributed by atoms with Gasteiger partial charge in [0.15, 0.2) is 0 Å². The fourth-order valence-corrected chi connectivity index (χ4v) is 7.32. The number of benzene rings is 6. The van der Waals surface area contributed by atoms with Crippen molar-refractivity contribution in [3.8, 4) is 34.1 Å². The molecule has 0 amide bonds. The molecule has 0 heterocycles. The zero-order valence-electron chi connectivity index (χ0n) is 46.0. The molecule has 6 aromatic carbocycles. The molecule has 0 aliphatic carbocycles. The third kappa shape index (κ3) is 20.6. The van der Waals surface area contributed by atoms with Gasteiger partial charge in [0.1, 0.15) is 23.0 Å². The summed E-state index contributed by atoms with van der Waals surface area (Å²) in [7, 11) is 4.99. The standard InChI is InChI=1S/C29H46O2P2.2C10H8O.4C3H8/c1-17-20(27(5,6)7)16-22(29(11,12)13)25(31-33)23(17)19-14-18(26(2,3)4)15-21(24(19)30-32)28(8,9)10;2*11-10-6-5-8-3-1-2-4-9(8)7-10;4*1-3-2/h14-16H,32-33H2,1-13H3;2*1-7,11H;4*3H2,1-2H3. The highest BCUT2D eigenvalue weighted by atomic mass is 31.0. The van der Waals surface area contributed by atoms with Crippen molar-refractivity contribution < 1.29 is 19.3 Å². The maximum absolute atomic E-state index is 9.13. The second-order valence-electron chi connectivity index (χ2n) is 21.3. The number of aromatic hydroxyl groups is 2. The van der Waals surface area contributed by atoms with Crippen molar-refractivity contribution in [3.05, 3.63) is 131 Å². The molecule has 67 heavy (non-hydrogen) atoms. The lowest BCUT2D eigenvalue weighted by Crippen LogP contribution is -2.20. The summed E-state index contributed by atoms with van der Waals surface area (Å²) in [4.78, 5) is 0. The summed E-state index contributed by atoms with van der Waals surface area (Å²) in [6.07, 6.45) is 5.00. The summed E-state index contributed by atoms with van der Waals surface area (Å²) in [5.41, 5.74) is 8.32. The van der Waals surface area contributed by atoms with Gasteiger partial charge in [0.25, 0.3) is 0 Å². The Morgan fingerprint density at radius 1 is 0.403 bits per heavy atom. The third-order valence-corrected chi connectivity index (χ3v) is 10.4. The lowest BCUT2D eigenvalue weighted by molar-refractivity contribution is 0.475. The smallest absolute Gasteiger partial charge is 0.134 e. The van der Waals surface area contributed by atoms with Crippen LogP contribution in [0.5, 0.6) is 23.0 Å². The first-order valence-electron chi connectivity index (χ1n) is 24.6. The van der Waals surface area contributed by atoms with Crippen LogP contribution in [-0.2, 0) is 21.7 Å². The molecule has 6 aromatic rings. The van der Waals surface area contributed by atoms with Crippen LogP contribution in [0.25, 0.3) is 32.7 Å². The first-order chi connectivity index (χ1) is 31.1. The first-order valence-corrected chi connectivity index (χ1v) is 25.5. The summed E-state index contributed by atoms with van der Waals surface area (Å²) in [5, 5.41) is 22.7. The van der Waals surface area contributed by atoms with E-state index in [2.05, 4.69) is 183 Å². The summed E-state index contributed by atoms with van der Waals surface area (Å²) >= 11 is 0. The fourth-order valence-electron chi connectivity index (χ4n) is 6.83. The number of hydrogen-bond donors (Lipinski definition) is 2. The quantitative estimate of drug-likeness (QED) is 0.174. The van der Waals surface area contributed by atoms with Crippen LogP contribution in [0.2, 0.25) is 0 Å². The van der Waals surface area contributed by atoms with Crippen LogP contribution in [0.15, 0.2) is 103 Å². The highest BCUT2D eigenvalue weighted by molar-refractivity contribution is 7.10. The number of phenols is 2. The highest BCUT2D eigenvalue weighted by Gasteiger charge is 2.33. The normalized spacial score (nSPS) is 11.0. The van der Waals surface area contributed by atoms with Crippen molar-refractivity contribution >= 4 is 40.5 Å². The van der Waals surface area contributed by atoms with Crippen molar-refractivity contribution in [2.75, 3.05) is 0 Å². The predicted octanol–water partition coefficient (Wildman–Crippen LogP) is 19.9. The Labute approximate surface area is 415 Å². The molecule has 2 N–H and O–H groups in total. The van der Waals surface area contributed by atoms with E-state index in [1.165, 1.54) is 53.5 Å². The summed E-state index contributed by atoms with van der Waals surface area (Å²) in [6.45, 7) is 46.4. The van der Waals surface area contributed by atoms with Crippen LogP contribution in [0.3, 0.4) is 0 Å². The lowest BCUT2D eigenvalue weighted by atomic mass is 9.73. The van der Waals surface area contributed by atoms with Gasteiger partial charge in [-0.25, -0.2) is 0 Å². The lowest BCUT2D eigenvalue weighted by Gasteiger charge is -2.33. The van der Waals surface area contributed by atoms with Crippen LogP contribution in [0.4, 0.5) is 0 Å². The molecule has 2 atom stereocenters. The van der Waals surface area contributed by atoms with Crippen molar-refractivity contribution in [3.63, 3.8) is 0 Å². The van der Waals surface area contributed by atoms with Gasteiger partial charge >= 0.3 is 0 Å². The molecule has 0 aliphatic rings. The molecule has 0 saturated carbocycles. The van der Waals surface area contributed by atoms with Gasteiger partial charge in [-0.3, -0.25) is 0 Å². The zero-order valence-corrected chi connectivity index (χ0v) is 48.3. The van der Waals surface area contributed by atoms with Crippen LogP contribution >= 0.6 is 18.9 Å². The Morgan fingerprint density at radius 2 is 0.731 bits per heavy atom. The monoisotopic (exact) mass is 953 g/mol. The van der Waals surface area contributed by atoms with E-state index in [0.717, 1.165) is 44.2 Å². The van der Waals surface area contributed by atoms with E-state index in [0.29, 0.717) is 11.5 Å². The molecule has 0 aromatic heterocycles. The summed E-state index contributed by atoms with van der Waals surface area (Å²) in [5.74, 6) is 2.46. The van der Waals surface area contributed by atoms with Gasteiger partial charge < -0.3 is 19.3 Å². The largest absolute Gasteiger partial charge is 0.508 e. The predicted molar refractivity (Wildman–Crippen MR) is 307 cm³/mol. The molecule has 0 fully saturated rings. The molecule has 0 radical (unpaired) electrons. The van der Waals surface area contributed by atoms with E-state index < -0.39 is 0 Å². The topological polar surface area (TPSA) is 58.9 Å². The number of rotatable bonds is 3. The molecule has 6 rings (SSSR count). The Kier molecular flexibility index (Phi) is 27.9. The van der Waals surface area contributed by atoms with Crippen molar-refractivity contribution in [2.45, 2.75) is 193 Å². The SMILES string of the molecule is CCC.CCC.CCC.CCC.Cc1c(C(C)(C)C)cc(C(C)(C)C)c(OP)c1-c1cc(C(C)(C)C)cc(C(C)(C)C)c1OP.Oc1ccc2ccccc2c1.Oc1ccc2ccccc2c1. The zero-order chi connectivity index (χ0) is 51.9. The van der Waals surface area contributed by atoms with Crippen molar-refractivity contribution in [2.24, 2.45) is 0 Å². The van der Waals surface area contributed by atoms with Gasteiger partial charge in [-0.2, -0.15) is 0 Å². The van der Waals surface area contributed by atoms with E-state index in [1.54, 1.807) is 24.3 Å². The average Bonchev–Trinajstić information content (AvgIpc) is 3.23. The molecule has 0 bridgehead atoms. The number of fused-ring (bicyclic) bond motifs is 2. The van der Waals surface area contributed by atoms with E-state index in [4.69, 9.17) is 19.3 Å². The second-order valence-corrected chi connectivity index (χ2v) is 21.8. The third-order valence-electron chi connectivity index (χ3n) is 9.89. The maximum Gasteiger partial charge on any atom is 0.134 e. The van der Waals surface area contributed by atoms with Gasteiger partial charge in [-0.05, 0) is 97.2 Å². The fraction of sp³-hybridized carbons (Fsp3) is 0.475. The molecule has 372 valence electrons. The Balaban J connectivity index is 0.00000103. The Bertz CT molecular complexity index is 2250. The van der Waals surface area contributed by atoms with Crippen LogP contribution in [0, 0.1) is 6.92 Å². The maximum atomic E-state index is 9.13. The molecule has 6 heteroatoms. The van der Waals surface area contributed by atoms with E-state index in [9.17, 15) is 0 Å². The highest BCUT2D eigenvalue weighted by Crippen LogP contribution is 2.51. The van der Waals surface area contributed by atoms with Crippen LogP contribution in [-0.4, -0.2) is 10.2 Å². The molecule has 0 spiro atoms. The molecular weight excluding hydrogens is 859 g/mol. The number of phenolic OH excluding ortho intramolecular Hbond substituents is 2. The molecule has 0 aliphatic heterocycles. The van der Waals surface area contributed by atoms with E-state index in [-0.39, 0.29) is 21.7 Å². The van der Waals surface area contributed by atoms with Crippen molar-refractivity contribution in [1.82, 2.24) is 0 Å². The second kappa shape index (κ2) is 29.7. The van der Waals surface area contributed by atoms with Crippen LogP contribution in [0.1, 0.15) is 192 Å². The summed E-state index contributed by atoms with van der Waals surface area (Å²) in [6, 6.07) is 33.6. The minimum Gasteiger partial charge on any atom is -0.508 e. The van der Waals surface area contributed by atoms with Gasteiger partial charge in [-0.15, -0.1) is 0 Å². The Hall–Kier alpha value is -4.10. The van der Waals surface area contributed by atoms with Crippen molar-refractivity contribution in [1.29, 1.82) is 0 Å². The van der Waals surface area contributed by atoms with E-state index >= 15 is 0 Å². The van der Waals surface area contributed by atoms with Crippen LogP contribution < -0.4 is 9.05 Å². The molecule has 4 nitrogen and oxygen atoms in total. The van der Waals surface area contributed by atoms with Gasteiger partial charge in [0.05, 0.1) is 18.9 Å². The van der Waals surface area contributed by atoms with E-state index in [1.807, 2.05) is 60.7 Å². The van der Waals surface area contributed by atoms with Gasteiger partial charge in [0.2, 0.25) is 0 Å². The number of hydrogen-bond acceptors (Lipinski definition) is 4.